The second kappa shape index (κ2) is 10.1. The lowest BCUT2D eigenvalue weighted by molar-refractivity contribution is -0.131. The molecule has 176 valence electrons. The minimum atomic E-state index is -0.000349. The summed E-state index contributed by atoms with van der Waals surface area (Å²) in [4.78, 5) is 37.2. The molecule has 2 fully saturated rings. The highest BCUT2D eigenvalue weighted by Gasteiger charge is 2.25. The smallest absolute Gasteiger partial charge is 0.254 e. The number of benzene rings is 2. The van der Waals surface area contributed by atoms with Crippen LogP contribution in [-0.4, -0.2) is 77.3 Å². The van der Waals surface area contributed by atoms with Crippen LogP contribution in [0.4, 0.5) is 0 Å². The number of carbonyl (C=O) groups is 2. The first-order chi connectivity index (χ1) is 16.6. The molecule has 0 unspecified atom stereocenters. The highest BCUT2D eigenvalue weighted by Crippen LogP contribution is 2.30. The first-order valence-electron chi connectivity index (χ1n) is 12.0. The van der Waals surface area contributed by atoms with Gasteiger partial charge in [-0.15, -0.1) is 0 Å². The van der Waals surface area contributed by atoms with E-state index in [1.54, 1.807) is 0 Å². The van der Waals surface area contributed by atoms with Crippen molar-refractivity contribution in [1.82, 2.24) is 19.7 Å². The molecule has 2 amide bonds. The molecule has 0 radical (unpaired) electrons. The first-order valence-corrected chi connectivity index (χ1v) is 12.4. The fourth-order valence-corrected chi connectivity index (χ4v) is 5.15. The van der Waals surface area contributed by atoms with Gasteiger partial charge in [0.25, 0.3) is 5.91 Å². The van der Waals surface area contributed by atoms with Crippen LogP contribution in [0.2, 0.25) is 5.02 Å². The third kappa shape index (κ3) is 4.79. The lowest BCUT2D eigenvalue weighted by Crippen LogP contribution is -2.41. The molecule has 3 aromatic rings. The van der Waals surface area contributed by atoms with Gasteiger partial charge in [-0.25, -0.2) is 4.98 Å². The minimum Gasteiger partial charge on any atom is -0.342 e. The van der Waals surface area contributed by atoms with E-state index in [2.05, 4.69) is 4.90 Å². The van der Waals surface area contributed by atoms with Crippen LogP contribution in [0.5, 0.6) is 0 Å². The van der Waals surface area contributed by atoms with Crippen LogP contribution in [0.3, 0.4) is 0 Å². The van der Waals surface area contributed by atoms with Crippen molar-refractivity contribution in [1.29, 1.82) is 0 Å². The molecule has 2 aliphatic rings. The molecule has 0 spiro atoms. The lowest BCUT2D eigenvalue weighted by atomic mass is 10.0. The number of para-hydroxylation sites is 1. The number of halogens is 1. The fourth-order valence-electron chi connectivity index (χ4n) is 4.92. The van der Waals surface area contributed by atoms with Gasteiger partial charge in [0.1, 0.15) is 0 Å². The topological polar surface area (TPSA) is 56.8 Å². The predicted molar refractivity (Wildman–Crippen MR) is 135 cm³/mol. The molecule has 0 saturated carbocycles. The van der Waals surface area contributed by atoms with Crippen molar-refractivity contribution >= 4 is 34.3 Å². The Morgan fingerprint density at radius 3 is 2.38 bits per heavy atom. The van der Waals surface area contributed by atoms with Gasteiger partial charge in [-0.1, -0.05) is 48.0 Å². The molecule has 34 heavy (non-hydrogen) atoms. The third-order valence-electron chi connectivity index (χ3n) is 6.79. The van der Waals surface area contributed by atoms with Crippen molar-refractivity contribution in [3.05, 3.63) is 65.2 Å². The number of carbonyl (C=O) groups excluding carboxylic acids is 2. The van der Waals surface area contributed by atoms with Crippen LogP contribution >= 0.6 is 11.6 Å². The van der Waals surface area contributed by atoms with E-state index in [1.807, 2.05) is 64.4 Å². The average Bonchev–Trinajstić information content (AvgIpc) is 3.31. The summed E-state index contributed by atoms with van der Waals surface area (Å²) in [6, 6.07) is 17.2. The Bertz CT molecular complexity index is 1210. The maximum absolute atomic E-state index is 13.7. The number of fused-ring (bicyclic) bond motifs is 1. The molecule has 3 heterocycles. The zero-order chi connectivity index (χ0) is 23.5. The molecule has 1 aromatic heterocycles. The Hall–Kier alpha value is -2.96. The van der Waals surface area contributed by atoms with Crippen LogP contribution in [0, 0.1) is 0 Å². The van der Waals surface area contributed by atoms with Crippen LogP contribution in [0.1, 0.15) is 29.6 Å². The van der Waals surface area contributed by atoms with Crippen LogP contribution in [-0.2, 0) is 4.79 Å². The number of pyridine rings is 1. The number of hydrogen-bond donors (Lipinski definition) is 0. The predicted octanol–water partition coefficient (Wildman–Crippen LogP) is 4.33. The van der Waals surface area contributed by atoms with Gasteiger partial charge >= 0.3 is 0 Å². The Labute approximate surface area is 205 Å². The summed E-state index contributed by atoms with van der Waals surface area (Å²) >= 11 is 6.44. The van der Waals surface area contributed by atoms with Gasteiger partial charge in [0.15, 0.2) is 0 Å². The number of likely N-dealkylation sites (tertiary alicyclic amines) is 1. The van der Waals surface area contributed by atoms with E-state index in [-0.39, 0.29) is 11.8 Å². The quantitative estimate of drug-likeness (QED) is 0.562. The van der Waals surface area contributed by atoms with Gasteiger partial charge in [0, 0.05) is 55.2 Å². The fraction of sp³-hybridized carbons (Fsp3) is 0.370. The van der Waals surface area contributed by atoms with Gasteiger partial charge in [-0.2, -0.15) is 0 Å². The van der Waals surface area contributed by atoms with Crippen molar-refractivity contribution < 1.29 is 9.59 Å². The Morgan fingerprint density at radius 1 is 0.824 bits per heavy atom. The monoisotopic (exact) mass is 476 g/mol. The molecule has 0 atom stereocenters. The molecular formula is C27H29ClN4O2. The summed E-state index contributed by atoms with van der Waals surface area (Å²) in [7, 11) is 0. The van der Waals surface area contributed by atoms with E-state index < -0.39 is 0 Å². The van der Waals surface area contributed by atoms with Gasteiger partial charge in [0.05, 0.1) is 23.3 Å². The van der Waals surface area contributed by atoms with Gasteiger partial charge in [-0.3, -0.25) is 14.5 Å². The summed E-state index contributed by atoms with van der Waals surface area (Å²) < 4.78 is 0. The van der Waals surface area contributed by atoms with E-state index in [0.717, 1.165) is 55.4 Å². The summed E-state index contributed by atoms with van der Waals surface area (Å²) in [5, 5.41) is 1.45. The highest BCUT2D eigenvalue weighted by molar-refractivity contribution is 6.33. The second-order valence-electron chi connectivity index (χ2n) is 9.06. The van der Waals surface area contributed by atoms with Crippen LogP contribution in [0.25, 0.3) is 22.2 Å². The van der Waals surface area contributed by atoms with E-state index >= 15 is 0 Å². The van der Waals surface area contributed by atoms with E-state index in [1.165, 1.54) is 0 Å². The van der Waals surface area contributed by atoms with E-state index in [4.69, 9.17) is 16.6 Å². The van der Waals surface area contributed by atoms with Gasteiger partial charge in [0.2, 0.25) is 5.91 Å². The van der Waals surface area contributed by atoms with Gasteiger partial charge in [-0.05, 0) is 37.5 Å². The maximum atomic E-state index is 13.7. The molecule has 0 aliphatic carbocycles. The Kier molecular flexibility index (Phi) is 6.79. The van der Waals surface area contributed by atoms with Crippen molar-refractivity contribution in [2.75, 3.05) is 45.8 Å². The lowest BCUT2D eigenvalue weighted by Gasteiger charge is -2.24. The molecule has 7 heteroatoms. The zero-order valence-electron chi connectivity index (χ0n) is 19.3. The third-order valence-corrected chi connectivity index (χ3v) is 7.12. The molecule has 2 aliphatic heterocycles. The second-order valence-corrected chi connectivity index (χ2v) is 9.47. The first kappa shape index (κ1) is 22.8. The van der Waals surface area contributed by atoms with E-state index in [9.17, 15) is 9.59 Å². The molecule has 2 aromatic carbocycles. The van der Waals surface area contributed by atoms with Crippen molar-refractivity contribution in [3.63, 3.8) is 0 Å². The van der Waals surface area contributed by atoms with Gasteiger partial charge < -0.3 is 9.80 Å². The molecule has 0 N–H and O–H groups in total. The van der Waals surface area contributed by atoms with E-state index in [0.29, 0.717) is 42.5 Å². The molecular weight excluding hydrogens is 448 g/mol. The summed E-state index contributed by atoms with van der Waals surface area (Å²) in [6.07, 6.45) is 3.05. The van der Waals surface area contributed by atoms with Crippen LogP contribution in [0.15, 0.2) is 54.6 Å². The SMILES string of the molecule is O=C(CN1CCCN(C(=O)c2cc(-c3ccccc3Cl)nc3ccccc23)CC1)N1CCCC1. The summed E-state index contributed by atoms with van der Waals surface area (Å²) in [5.41, 5.74) is 2.92. The Balaban J connectivity index is 1.37. The van der Waals surface area contributed by atoms with Crippen molar-refractivity contribution in [3.8, 4) is 11.3 Å². The number of amides is 2. The number of hydrogen-bond acceptors (Lipinski definition) is 4. The average molecular weight is 477 g/mol. The summed E-state index contributed by atoms with van der Waals surface area (Å²) in [5.74, 6) is 0.210. The van der Waals surface area contributed by atoms with Crippen LogP contribution < -0.4 is 0 Å². The van der Waals surface area contributed by atoms with Crippen molar-refractivity contribution in [2.24, 2.45) is 0 Å². The molecule has 5 rings (SSSR count). The highest BCUT2D eigenvalue weighted by atomic mass is 35.5. The molecule has 2 saturated heterocycles. The standard InChI is InChI=1S/C27H29ClN4O2/c28-23-10-3-1-9-21(23)25-18-22(20-8-2-4-11-24(20)29-25)27(34)32-15-7-12-30(16-17-32)19-26(33)31-13-5-6-14-31/h1-4,8-11,18H,5-7,12-17,19H2. The maximum Gasteiger partial charge on any atom is 0.254 e. The number of nitrogens with zero attached hydrogens (tertiary/aromatic N) is 4. The summed E-state index contributed by atoms with van der Waals surface area (Å²) in [6.45, 7) is 4.99. The Morgan fingerprint density at radius 2 is 1.56 bits per heavy atom. The molecule has 6 nitrogen and oxygen atoms in total. The zero-order valence-corrected chi connectivity index (χ0v) is 20.0. The largest absolute Gasteiger partial charge is 0.342 e. The number of aromatic nitrogens is 1. The minimum absolute atomic E-state index is 0.000349. The normalized spacial score (nSPS) is 17.2. The number of rotatable bonds is 4. The van der Waals surface area contributed by atoms with Crippen molar-refractivity contribution in [2.45, 2.75) is 19.3 Å². The molecule has 0 bridgehead atoms.